The Balaban J connectivity index is 1.95. The molecule has 1 fully saturated rings. The van der Waals surface area contributed by atoms with Crippen LogP contribution in [0.4, 0.5) is 0 Å². The highest BCUT2D eigenvalue weighted by atomic mass is 127. The van der Waals surface area contributed by atoms with Crippen LogP contribution in [0.5, 0.6) is 5.75 Å². The van der Waals surface area contributed by atoms with Crippen molar-refractivity contribution in [3.63, 3.8) is 0 Å². The first kappa shape index (κ1) is 12.2. The molecule has 0 radical (unpaired) electrons. The van der Waals surface area contributed by atoms with E-state index in [1.165, 1.54) is 22.8 Å². The summed E-state index contributed by atoms with van der Waals surface area (Å²) in [6.07, 6.45) is 4.13. The number of rotatable bonds is 2. The Morgan fingerprint density at radius 1 is 1.19 bits per heavy atom. The van der Waals surface area contributed by atoms with E-state index in [9.17, 15) is 0 Å². The number of ether oxygens (including phenoxy) is 1. The Kier molecular flexibility index (Phi) is 4.11. The van der Waals surface area contributed by atoms with Gasteiger partial charge in [-0.1, -0.05) is 19.9 Å². The highest BCUT2D eigenvalue weighted by Crippen LogP contribution is 2.31. The first-order valence-corrected chi connectivity index (χ1v) is 7.15. The van der Waals surface area contributed by atoms with Crippen molar-refractivity contribution in [1.82, 2.24) is 0 Å². The summed E-state index contributed by atoms with van der Waals surface area (Å²) in [4.78, 5) is 0. The van der Waals surface area contributed by atoms with Crippen molar-refractivity contribution in [2.24, 2.45) is 11.8 Å². The zero-order valence-corrected chi connectivity index (χ0v) is 12.1. The van der Waals surface area contributed by atoms with Crippen LogP contribution in [0.15, 0.2) is 24.3 Å². The first-order valence-electron chi connectivity index (χ1n) is 6.07. The highest BCUT2D eigenvalue weighted by molar-refractivity contribution is 14.1. The van der Waals surface area contributed by atoms with Gasteiger partial charge in [-0.3, -0.25) is 0 Å². The van der Waals surface area contributed by atoms with E-state index in [1.807, 2.05) is 0 Å². The third-order valence-electron chi connectivity index (χ3n) is 3.65. The summed E-state index contributed by atoms with van der Waals surface area (Å²) in [7, 11) is 0. The van der Waals surface area contributed by atoms with Gasteiger partial charge in [0.15, 0.2) is 0 Å². The summed E-state index contributed by atoms with van der Waals surface area (Å²) in [5, 5.41) is 0. The summed E-state index contributed by atoms with van der Waals surface area (Å²) in [5.41, 5.74) is 0. The lowest BCUT2D eigenvalue weighted by Crippen LogP contribution is -2.28. The molecule has 2 rings (SSSR count). The minimum atomic E-state index is 0.421. The van der Waals surface area contributed by atoms with Crippen LogP contribution >= 0.6 is 22.6 Å². The van der Waals surface area contributed by atoms with Gasteiger partial charge >= 0.3 is 0 Å². The summed E-state index contributed by atoms with van der Waals surface area (Å²) in [6.45, 7) is 4.70. The van der Waals surface area contributed by atoms with Gasteiger partial charge in [0.2, 0.25) is 0 Å². The van der Waals surface area contributed by atoms with Gasteiger partial charge in [-0.25, -0.2) is 0 Å². The molecule has 1 saturated carbocycles. The molecule has 0 N–H and O–H groups in total. The summed E-state index contributed by atoms with van der Waals surface area (Å²) >= 11 is 2.33. The van der Waals surface area contributed by atoms with Crippen molar-refractivity contribution in [3.8, 4) is 5.75 Å². The monoisotopic (exact) mass is 330 g/mol. The molecule has 0 amide bonds. The SMILES string of the molecule is CC1CCC(Oc2cccc(I)c2)CC1C. The first-order chi connectivity index (χ1) is 7.65. The molecule has 1 aliphatic rings. The van der Waals surface area contributed by atoms with Crippen LogP contribution in [0.2, 0.25) is 0 Å². The molecule has 0 aromatic heterocycles. The minimum Gasteiger partial charge on any atom is -0.490 e. The van der Waals surface area contributed by atoms with Crippen molar-refractivity contribution in [2.45, 2.75) is 39.2 Å². The average molecular weight is 330 g/mol. The molecule has 1 aliphatic carbocycles. The third-order valence-corrected chi connectivity index (χ3v) is 4.32. The highest BCUT2D eigenvalue weighted by Gasteiger charge is 2.25. The van der Waals surface area contributed by atoms with Crippen molar-refractivity contribution < 1.29 is 4.74 Å². The second-order valence-corrected chi connectivity index (χ2v) is 6.21. The van der Waals surface area contributed by atoms with E-state index in [0.717, 1.165) is 17.6 Å². The molecule has 3 atom stereocenters. The van der Waals surface area contributed by atoms with Gasteiger partial charge in [0.1, 0.15) is 5.75 Å². The standard InChI is InChI=1S/C14H19IO/c1-10-6-7-14(8-11(10)2)16-13-5-3-4-12(15)9-13/h3-5,9-11,14H,6-8H2,1-2H3. The summed E-state index contributed by atoms with van der Waals surface area (Å²) in [6, 6.07) is 8.33. The van der Waals surface area contributed by atoms with Gasteiger partial charge in [0, 0.05) is 3.57 Å². The number of benzene rings is 1. The number of hydrogen-bond acceptors (Lipinski definition) is 1. The molecule has 3 unspecified atom stereocenters. The van der Waals surface area contributed by atoms with Gasteiger partial charge in [0.25, 0.3) is 0 Å². The molecule has 0 aliphatic heterocycles. The Bertz CT molecular complexity index is 350. The lowest BCUT2D eigenvalue weighted by Gasteiger charge is -2.32. The largest absolute Gasteiger partial charge is 0.490 e. The normalized spacial score (nSPS) is 30.1. The fraction of sp³-hybridized carbons (Fsp3) is 0.571. The van der Waals surface area contributed by atoms with Crippen molar-refractivity contribution in [2.75, 3.05) is 0 Å². The van der Waals surface area contributed by atoms with E-state index in [2.05, 4.69) is 60.7 Å². The average Bonchev–Trinajstić information content (AvgIpc) is 2.24. The molecule has 1 aromatic rings. The lowest BCUT2D eigenvalue weighted by atomic mass is 9.80. The molecule has 16 heavy (non-hydrogen) atoms. The van der Waals surface area contributed by atoms with Gasteiger partial charge in [-0.15, -0.1) is 0 Å². The Morgan fingerprint density at radius 3 is 2.69 bits per heavy atom. The second-order valence-electron chi connectivity index (χ2n) is 4.96. The zero-order valence-electron chi connectivity index (χ0n) is 9.95. The van der Waals surface area contributed by atoms with E-state index in [4.69, 9.17) is 4.74 Å². The topological polar surface area (TPSA) is 9.23 Å². The van der Waals surface area contributed by atoms with Crippen LogP contribution < -0.4 is 4.74 Å². The van der Waals surface area contributed by atoms with E-state index in [-0.39, 0.29) is 0 Å². The quantitative estimate of drug-likeness (QED) is 0.726. The Hall–Kier alpha value is -0.250. The van der Waals surface area contributed by atoms with Gasteiger partial charge in [0.05, 0.1) is 6.10 Å². The molecule has 1 nitrogen and oxygen atoms in total. The molecular formula is C14H19IO. The van der Waals surface area contributed by atoms with Gasteiger partial charge in [-0.2, -0.15) is 0 Å². The van der Waals surface area contributed by atoms with Crippen LogP contribution in [0, 0.1) is 15.4 Å². The smallest absolute Gasteiger partial charge is 0.120 e. The number of halogens is 1. The number of hydrogen-bond donors (Lipinski definition) is 0. The maximum atomic E-state index is 6.05. The van der Waals surface area contributed by atoms with Crippen molar-refractivity contribution in [1.29, 1.82) is 0 Å². The maximum absolute atomic E-state index is 6.05. The molecule has 0 bridgehead atoms. The van der Waals surface area contributed by atoms with Crippen LogP contribution in [-0.4, -0.2) is 6.10 Å². The molecule has 2 heteroatoms. The molecule has 0 heterocycles. The predicted octanol–water partition coefficient (Wildman–Crippen LogP) is 4.49. The molecular weight excluding hydrogens is 311 g/mol. The molecule has 1 aromatic carbocycles. The van der Waals surface area contributed by atoms with Crippen molar-refractivity contribution in [3.05, 3.63) is 27.8 Å². The zero-order chi connectivity index (χ0) is 11.5. The second kappa shape index (κ2) is 5.39. The third kappa shape index (κ3) is 3.12. The van der Waals surface area contributed by atoms with E-state index in [1.54, 1.807) is 0 Å². The fourth-order valence-corrected chi connectivity index (χ4v) is 2.85. The maximum Gasteiger partial charge on any atom is 0.120 e. The molecule has 0 saturated heterocycles. The van der Waals surface area contributed by atoms with Crippen LogP contribution in [0.1, 0.15) is 33.1 Å². The lowest BCUT2D eigenvalue weighted by molar-refractivity contribution is 0.101. The van der Waals surface area contributed by atoms with E-state index >= 15 is 0 Å². The molecule has 0 spiro atoms. The van der Waals surface area contributed by atoms with Gasteiger partial charge < -0.3 is 4.74 Å². The Morgan fingerprint density at radius 2 is 2.00 bits per heavy atom. The van der Waals surface area contributed by atoms with Crippen LogP contribution in [0.25, 0.3) is 0 Å². The summed E-state index contributed by atoms with van der Waals surface area (Å²) in [5.74, 6) is 2.68. The van der Waals surface area contributed by atoms with E-state index in [0.29, 0.717) is 6.10 Å². The van der Waals surface area contributed by atoms with Gasteiger partial charge in [-0.05, 0) is 71.9 Å². The van der Waals surface area contributed by atoms with Crippen LogP contribution in [0.3, 0.4) is 0 Å². The van der Waals surface area contributed by atoms with Crippen LogP contribution in [-0.2, 0) is 0 Å². The summed E-state index contributed by atoms with van der Waals surface area (Å²) < 4.78 is 7.29. The fourth-order valence-electron chi connectivity index (χ4n) is 2.34. The minimum absolute atomic E-state index is 0.421. The predicted molar refractivity (Wildman–Crippen MR) is 75.8 cm³/mol. The van der Waals surface area contributed by atoms with Crippen molar-refractivity contribution >= 4 is 22.6 Å². The molecule has 88 valence electrons. The van der Waals surface area contributed by atoms with E-state index < -0.39 is 0 Å². The Labute approximate surface area is 112 Å².